The molecule has 1 unspecified atom stereocenters. The van der Waals surface area contributed by atoms with Gasteiger partial charge in [0.2, 0.25) is 0 Å². The van der Waals surface area contributed by atoms with Crippen LogP contribution in [0.4, 0.5) is 0 Å². The van der Waals surface area contributed by atoms with E-state index in [1.165, 1.54) is 0 Å². The second-order valence-corrected chi connectivity index (χ2v) is 7.73. The van der Waals surface area contributed by atoms with Crippen molar-refractivity contribution in [3.05, 3.63) is 70.3 Å². The summed E-state index contributed by atoms with van der Waals surface area (Å²) < 4.78 is 5.75. The average molecular weight is 408 g/mol. The Kier molecular flexibility index (Phi) is 6.60. The molecular weight excluding hydrogens is 378 g/mol. The largest absolute Gasteiger partial charge is 0.507 e. The number of aryl methyl sites for hydroxylation is 2. The molecule has 0 saturated carbocycles. The highest BCUT2D eigenvalue weighted by atomic mass is 16.5. The summed E-state index contributed by atoms with van der Waals surface area (Å²) in [6, 6.07) is 12.5. The van der Waals surface area contributed by atoms with Crippen molar-refractivity contribution in [3.8, 4) is 5.75 Å². The number of aliphatic hydroxyl groups is 1. The zero-order chi connectivity index (χ0) is 21.8. The lowest BCUT2D eigenvalue weighted by molar-refractivity contribution is -0.139. The average Bonchev–Trinajstić information content (AvgIpc) is 2.99. The van der Waals surface area contributed by atoms with E-state index in [1.54, 1.807) is 4.90 Å². The molecule has 1 atom stereocenters. The third kappa shape index (κ3) is 4.11. The normalized spacial score (nSPS) is 18.1. The van der Waals surface area contributed by atoms with Crippen molar-refractivity contribution in [2.75, 3.05) is 13.2 Å². The van der Waals surface area contributed by atoms with Gasteiger partial charge < -0.3 is 14.7 Å². The van der Waals surface area contributed by atoms with E-state index in [0.717, 1.165) is 23.1 Å². The van der Waals surface area contributed by atoms with Gasteiger partial charge in [0.25, 0.3) is 11.7 Å². The van der Waals surface area contributed by atoms with E-state index < -0.39 is 17.7 Å². The fourth-order valence-electron chi connectivity index (χ4n) is 3.83. The van der Waals surface area contributed by atoms with Crippen molar-refractivity contribution in [2.24, 2.45) is 0 Å². The molecule has 1 amide bonds. The van der Waals surface area contributed by atoms with E-state index in [-0.39, 0.29) is 11.3 Å². The van der Waals surface area contributed by atoms with E-state index in [0.29, 0.717) is 30.9 Å². The van der Waals surface area contributed by atoms with Crippen molar-refractivity contribution in [1.82, 2.24) is 4.90 Å². The molecule has 0 bridgehead atoms. The molecule has 30 heavy (non-hydrogen) atoms. The van der Waals surface area contributed by atoms with E-state index in [9.17, 15) is 14.7 Å². The Labute approximate surface area is 178 Å². The van der Waals surface area contributed by atoms with Crippen LogP contribution in [0.25, 0.3) is 5.76 Å². The summed E-state index contributed by atoms with van der Waals surface area (Å²) >= 11 is 0. The minimum atomic E-state index is -0.647. The van der Waals surface area contributed by atoms with Crippen LogP contribution >= 0.6 is 0 Å². The van der Waals surface area contributed by atoms with Crippen LogP contribution in [0.5, 0.6) is 5.75 Å². The number of hydrogen-bond acceptors (Lipinski definition) is 4. The van der Waals surface area contributed by atoms with Crippen molar-refractivity contribution < 1.29 is 19.4 Å². The quantitative estimate of drug-likeness (QED) is 0.402. The van der Waals surface area contributed by atoms with Gasteiger partial charge in [-0.15, -0.1) is 0 Å². The molecular formula is C25H29NO4. The van der Waals surface area contributed by atoms with Crippen LogP contribution in [-0.2, 0) is 9.59 Å². The fraction of sp³-hybridized carbons (Fsp3) is 0.360. The first kappa shape index (κ1) is 21.6. The van der Waals surface area contributed by atoms with Gasteiger partial charge in [-0.3, -0.25) is 9.59 Å². The molecule has 5 nitrogen and oxygen atoms in total. The number of benzene rings is 2. The molecule has 1 saturated heterocycles. The van der Waals surface area contributed by atoms with Gasteiger partial charge in [-0.2, -0.15) is 0 Å². The number of Topliss-reactive ketones (excluding diaryl/α,β-unsaturated/α-hetero) is 1. The molecule has 2 aromatic rings. The second-order valence-electron chi connectivity index (χ2n) is 7.73. The number of ketones is 1. The lowest BCUT2D eigenvalue weighted by atomic mass is 9.93. The predicted molar refractivity (Wildman–Crippen MR) is 117 cm³/mol. The highest BCUT2D eigenvalue weighted by Crippen LogP contribution is 2.40. The van der Waals surface area contributed by atoms with Crippen molar-refractivity contribution >= 4 is 17.4 Å². The number of amides is 1. The fourth-order valence-corrected chi connectivity index (χ4v) is 3.83. The number of hydrogen-bond donors (Lipinski definition) is 1. The van der Waals surface area contributed by atoms with Gasteiger partial charge in [-0.1, -0.05) is 43.7 Å². The number of nitrogens with zero attached hydrogens (tertiary/aromatic N) is 1. The molecule has 1 fully saturated rings. The van der Waals surface area contributed by atoms with Gasteiger partial charge in [0.1, 0.15) is 11.5 Å². The van der Waals surface area contributed by atoms with Gasteiger partial charge in [-0.05, 0) is 56.0 Å². The zero-order valence-corrected chi connectivity index (χ0v) is 18.1. The molecule has 158 valence electrons. The molecule has 2 aromatic carbocycles. The minimum absolute atomic E-state index is 0.127. The van der Waals surface area contributed by atoms with Crippen LogP contribution in [0, 0.1) is 13.8 Å². The first-order chi connectivity index (χ1) is 14.4. The summed E-state index contributed by atoms with van der Waals surface area (Å²) in [4.78, 5) is 27.4. The number of rotatable bonds is 7. The Balaban J connectivity index is 2.18. The molecule has 0 radical (unpaired) electrons. The summed E-state index contributed by atoms with van der Waals surface area (Å²) in [6.07, 6.45) is 1.59. The number of likely N-dealkylation sites (tertiary alicyclic amines) is 1. The number of ether oxygens (including phenoxy) is 1. The van der Waals surface area contributed by atoms with Crippen LogP contribution in [0.15, 0.2) is 48.0 Å². The number of carbonyl (C=O) groups is 2. The monoisotopic (exact) mass is 407 g/mol. The Hall–Kier alpha value is -3.08. The van der Waals surface area contributed by atoms with Crippen molar-refractivity contribution in [3.63, 3.8) is 0 Å². The molecule has 3 rings (SSSR count). The molecule has 0 aliphatic carbocycles. The molecule has 5 heteroatoms. The van der Waals surface area contributed by atoms with Crippen LogP contribution < -0.4 is 4.74 Å². The minimum Gasteiger partial charge on any atom is -0.507 e. The molecule has 0 aromatic heterocycles. The highest BCUT2D eigenvalue weighted by molar-refractivity contribution is 6.46. The van der Waals surface area contributed by atoms with E-state index in [4.69, 9.17) is 4.74 Å². The van der Waals surface area contributed by atoms with E-state index in [1.807, 2.05) is 70.2 Å². The molecule has 1 aliphatic heterocycles. The summed E-state index contributed by atoms with van der Waals surface area (Å²) in [7, 11) is 0. The van der Waals surface area contributed by atoms with Gasteiger partial charge >= 0.3 is 0 Å². The van der Waals surface area contributed by atoms with Crippen LogP contribution in [0.1, 0.15) is 55.0 Å². The van der Waals surface area contributed by atoms with Gasteiger partial charge in [0, 0.05) is 12.1 Å². The first-order valence-corrected chi connectivity index (χ1v) is 10.5. The second kappa shape index (κ2) is 9.16. The van der Waals surface area contributed by atoms with Gasteiger partial charge in [-0.25, -0.2) is 0 Å². The molecule has 1 heterocycles. The Bertz CT molecular complexity index is 992. The van der Waals surface area contributed by atoms with Crippen LogP contribution in [-0.4, -0.2) is 34.8 Å². The Morgan fingerprint density at radius 3 is 2.53 bits per heavy atom. The summed E-state index contributed by atoms with van der Waals surface area (Å²) in [5.41, 5.74) is 3.28. The Morgan fingerprint density at radius 2 is 1.83 bits per heavy atom. The van der Waals surface area contributed by atoms with E-state index >= 15 is 0 Å². The van der Waals surface area contributed by atoms with Crippen molar-refractivity contribution in [1.29, 1.82) is 0 Å². The maximum Gasteiger partial charge on any atom is 0.295 e. The smallest absolute Gasteiger partial charge is 0.295 e. The van der Waals surface area contributed by atoms with Gasteiger partial charge in [0.05, 0.1) is 18.2 Å². The maximum atomic E-state index is 13.0. The lowest BCUT2D eigenvalue weighted by Gasteiger charge is -2.25. The first-order valence-electron chi connectivity index (χ1n) is 10.5. The zero-order valence-electron chi connectivity index (χ0n) is 18.1. The predicted octanol–water partition coefficient (Wildman–Crippen LogP) is 4.92. The SMILES string of the molecule is CCCOc1cccc(C2/C(=C(\O)c3cc(C)ccc3C)C(=O)C(=O)N2CCC)c1. The third-order valence-corrected chi connectivity index (χ3v) is 5.30. The lowest BCUT2D eigenvalue weighted by Crippen LogP contribution is -2.30. The topological polar surface area (TPSA) is 66.8 Å². The summed E-state index contributed by atoms with van der Waals surface area (Å²) in [6.45, 7) is 8.81. The molecule has 1 N–H and O–H groups in total. The Morgan fingerprint density at radius 1 is 1.07 bits per heavy atom. The number of carbonyl (C=O) groups excluding carboxylic acids is 2. The maximum absolute atomic E-state index is 13.0. The standard InChI is InChI=1S/C25H29NO4/c1-5-12-26-22(18-8-7-9-19(15-18)30-13-6-2)21(24(28)25(26)29)23(27)20-14-16(3)10-11-17(20)4/h7-11,14-15,22,27H,5-6,12-13H2,1-4H3/b23-21+. The summed E-state index contributed by atoms with van der Waals surface area (Å²) in [5.74, 6) is -0.665. The van der Waals surface area contributed by atoms with Crippen LogP contribution in [0.3, 0.4) is 0 Å². The number of aliphatic hydroxyl groups excluding tert-OH is 1. The molecule has 0 spiro atoms. The van der Waals surface area contributed by atoms with E-state index in [2.05, 4.69) is 0 Å². The van der Waals surface area contributed by atoms with Crippen molar-refractivity contribution in [2.45, 2.75) is 46.6 Å². The third-order valence-electron chi connectivity index (χ3n) is 5.30. The van der Waals surface area contributed by atoms with Crippen LogP contribution in [0.2, 0.25) is 0 Å². The highest BCUT2D eigenvalue weighted by Gasteiger charge is 2.45. The molecule has 1 aliphatic rings. The summed E-state index contributed by atoms with van der Waals surface area (Å²) in [5, 5.41) is 11.2. The van der Waals surface area contributed by atoms with Gasteiger partial charge in [0.15, 0.2) is 0 Å².